The second-order valence-corrected chi connectivity index (χ2v) is 9.43. The summed E-state index contributed by atoms with van der Waals surface area (Å²) in [6.07, 6.45) is 0. The van der Waals surface area contributed by atoms with Gasteiger partial charge in [-0.3, -0.25) is 14.5 Å². The smallest absolute Gasteiger partial charge is 0.302 e. The van der Waals surface area contributed by atoms with E-state index >= 15 is 0 Å². The molecule has 8 nitrogen and oxygen atoms in total. The minimum atomic E-state index is -0.974. The number of carbonyl (C=O) groups is 2. The number of hydrogen-bond donors (Lipinski definition) is 2. The molecule has 1 amide bonds. The lowest BCUT2D eigenvalue weighted by Gasteiger charge is -2.24. The molecule has 0 bridgehead atoms. The van der Waals surface area contributed by atoms with Crippen LogP contribution in [0.15, 0.2) is 84.4 Å². The Bertz CT molecular complexity index is 1820. The highest BCUT2D eigenvalue weighted by molar-refractivity contribution is 6.51. The number of Topliss-reactive ketones (excluding diaryl/α,β-unsaturated/α-hetero) is 1. The van der Waals surface area contributed by atoms with Crippen molar-refractivity contribution in [2.45, 2.75) is 13.0 Å². The number of aromatic nitrogens is 2. The highest BCUT2D eigenvalue weighted by atomic mass is 16.5. The molecule has 39 heavy (non-hydrogen) atoms. The van der Waals surface area contributed by atoms with Gasteiger partial charge in [-0.2, -0.15) is 0 Å². The molecule has 2 N–H and O–H groups in total. The van der Waals surface area contributed by atoms with E-state index in [1.807, 2.05) is 55.5 Å². The first-order chi connectivity index (χ1) is 18.9. The summed E-state index contributed by atoms with van der Waals surface area (Å²) >= 11 is 0. The van der Waals surface area contributed by atoms with E-state index in [1.165, 1.54) is 19.1 Å². The molecule has 1 aliphatic rings. The van der Waals surface area contributed by atoms with Crippen LogP contribution >= 0.6 is 0 Å². The molecule has 194 valence electrons. The van der Waals surface area contributed by atoms with Crippen molar-refractivity contribution in [3.05, 3.63) is 101 Å². The number of ketones is 1. The molecule has 5 aromatic rings. The van der Waals surface area contributed by atoms with Crippen LogP contribution in [-0.4, -0.2) is 41.0 Å². The predicted octanol–water partition coefficient (Wildman–Crippen LogP) is 5.67. The maximum Gasteiger partial charge on any atom is 0.302 e. The van der Waals surface area contributed by atoms with Gasteiger partial charge in [-0.1, -0.05) is 48.5 Å². The second kappa shape index (κ2) is 9.33. The first-order valence-electron chi connectivity index (χ1n) is 12.4. The first-order valence-corrected chi connectivity index (χ1v) is 12.4. The van der Waals surface area contributed by atoms with E-state index in [0.29, 0.717) is 28.1 Å². The number of methoxy groups -OCH3 is 2. The van der Waals surface area contributed by atoms with Gasteiger partial charge in [0.25, 0.3) is 5.78 Å². The monoisotopic (exact) mass is 519 g/mol. The Morgan fingerprint density at radius 2 is 1.67 bits per heavy atom. The maximum atomic E-state index is 13.6. The van der Waals surface area contributed by atoms with Gasteiger partial charge in [0.15, 0.2) is 11.5 Å². The molecular weight excluding hydrogens is 494 g/mol. The van der Waals surface area contributed by atoms with Gasteiger partial charge in [0.05, 0.1) is 36.9 Å². The van der Waals surface area contributed by atoms with Crippen molar-refractivity contribution in [3.8, 4) is 11.5 Å². The lowest BCUT2D eigenvalue weighted by molar-refractivity contribution is -0.132. The predicted molar refractivity (Wildman–Crippen MR) is 149 cm³/mol. The number of nitrogens with one attached hydrogen (secondary N) is 1. The Balaban J connectivity index is 1.58. The molecule has 1 saturated heterocycles. The quantitative estimate of drug-likeness (QED) is 0.176. The molecule has 1 aromatic heterocycles. The molecule has 0 aliphatic carbocycles. The summed E-state index contributed by atoms with van der Waals surface area (Å²) in [7, 11) is 3.04. The average molecular weight is 520 g/mol. The van der Waals surface area contributed by atoms with Crippen LogP contribution in [0, 0.1) is 6.92 Å². The summed E-state index contributed by atoms with van der Waals surface area (Å²) in [6, 6.07) is 23.0. The summed E-state index contributed by atoms with van der Waals surface area (Å²) in [6.45, 7) is 1.96. The minimum absolute atomic E-state index is 0.0425. The van der Waals surface area contributed by atoms with E-state index in [4.69, 9.17) is 9.47 Å². The number of imidazole rings is 1. The Morgan fingerprint density at radius 1 is 0.897 bits per heavy atom. The maximum absolute atomic E-state index is 13.6. The molecule has 0 saturated carbocycles. The Morgan fingerprint density at radius 3 is 2.44 bits per heavy atom. The number of H-pyrrole nitrogens is 1. The van der Waals surface area contributed by atoms with Crippen LogP contribution in [0.1, 0.15) is 22.7 Å². The summed E-state index contributed by atoms with van der Waals surface area (Å²) in [5.41, 5.74) is 3.33. The van der Waals surface area contributed by atoms with E-state index in [9.17, 15) is 14.7 Å². The van der Waals surface area contributed by atoms with Crippen LogP contribution in [-0.2, 0) is 9.59 Å². The third-order valence-electron chi connectivity index (χ3n) is 7.04. The van der Waals surface area contributed by atoms with Gasteiger partial charge in [-0.25, -0.2) is 4.98 Å². The highest BCUT2D eigenvalue weighted by Crippen LogP contribution is 2.44. The largest absolute Gasteiger partial charge is 0.507 e. The van der Waals surface area contributed by atoms with Crippen molar-refractivity contribution >= 4 is 45.2 Å². The van der Waals surface area contributed by atoms with Crippen LogP contribution in [0.4, 0.5) is 5.95 Å². The number of ether oxygens (including phenoxy) is 2. The molecule has 1 aliphatic heterocycles. The third kappa shape index (κ3) is 3.97. The zero-order valence-electron chi connectivity index (χ0n) is 21.6. The van der Waals surface area contributed by atoms with Gasteiger partial charge in [-0.15, -0.1) is 0 Å². The van der Waals surface area contributed by atoms with Crippen molar-refractivity contribution in [3.63, 3.8) is 0 Å². The topological polar surface area (TPSA) is 105 Å². The van der Waals surface area contributed by atoms with Crippen LogP contribution in [0.2, 0.25) is 0 Å². The lowest BCUT2D eigenvalue weighted by Crippen LogP contribution is -2.30. The number of fused-ring (bicyclic) bond motifs is 2. The number of anilines is 1. The number of aryl methyl sites for hydroxylation is 1. The van der Waals surface area contributed by atoms with Crippen LogP contribution in [0.5, 0.6) is 11.5 Å². The van der Waals surface area contributed by atoms with Gasteiger partial charge in [-0.05, 0) is 59.2 Å². The van der Waals surface area contributed by atoms with Gasteiger partial charge >= 0.3 is 5.91 Å². The van der Waals surface area contributed by atoms with Crippen molar-refractivity contribution < 1.29 is 24.2 Å². The van der Waals surface area contributed by atoms with Gasteiger partial charge in [0, 0.05) is 5.56 Å². The van der Waals surface area contributed by atoms with E-state index < -0.39 is 17.7 Å². The van der Waals surface area contributed by atoms with E-state index in [-0.39, 0.29) is 17.3 Å². The number of aliphatic hydroxyl groups is 1. The van der Waals surface area contributed by atoms with Crippen molar-refractivity contribution in [1.29, 1.82) is 0 Å². The van der Waals surface area contributed by atoms with Crippen molar-refractivity contribution in [1.82, 2.24) is 9.97 Å². The molecule has 1 fully saturated rings. The Hall–Kier alpha value is -5.11. The highest BCUT2D eigenvalue weighted by Gasteiger charge is 2.48. The standard InChI is InChI=1S/C31H25N3O5/c1-17-8-12-22-23(14-17)33-31(32-22)34-27(20-11-13-24(38-2)25(16-20)39-3)26(29(36)30(34)37)28(35)21-10-9-18-6-4-5-7-19(18)15-21/h4-16,27,35H,1-3H3,(H,32,33)/b28-26+. The molecule has 6 rings (SSSR count). The van der Waals surface area contributed by atoms with E-state index in [2.05, 4.69) is 9.97 Å². The Kier molecular flexibility index (Phi) is 5.80. The third-order valence-corrected chi connectivity index (χ3v) is 7.04. The minimum Gasteiger partial charge on any atom is -0.507 e. The number of carbonyl (C=O) groups excluding carboxylic acids is 2. The number of hydrogen-bond acceptors (Lipinski definition) is 6. The number of amides is 1. The molecular formula is C31H25N3O5. The van der Waals surface area contributed by atoms with Crippen LogP contribution < -0.4 is 14.4 Å². The zero-order chi connectivity index (χ0) is 27.3. The number of aromatic amines is 1. The fraction of sp³-hybridized carbons (Fsp3) is 0.129. The molecule has 1 atom stereocenters. The average Bonchev–Trinajstić information content (AvgIpc) is 3.49. The number of rotatable bonds is 5. The van der Waals surface area contributed by atoms with Crippen LogP contribution in [0.3, 0.4) is 0 Å². The summed E-state index contributed by atoms with van der Waals surface area (Å²) in [5.74, 6) is -0.758. The van der Waals surface area contributed by atoms with Crippen LogP contribution in [0.25, 0.3) is 27.6 Å². The van der Waals surface area contributed by atoms with Gasteiger partial charge in [0.1, 0.15) is 5.76 Å². The lowest BCUT2D eigenvalue weighted by atomic mass is 9.94. The molecule has 1 unspecified atom stereocenters. The number of aliphatic hydroxyl groups excluding tert-OH is 1. The fourth-order valence-corrected chi connectivity index (χ4v) is 5.11. The van der Waals surface area contributed by atoms with E-state index in [0.717, 1.165) is 21.9 Å². The van der Waals surface area contributed by atoms with E-state index in [1.54, 1.807) is 30.3 Å². The molecule has 0 radical (unpaired) electrons. The van der Waals surface area contributed by atoms with Crippen molar-refractivity contribution in [2.75, 3.05) is 19.1 Å². The molecule has 2 heterocycles. The molecule has 0 spiro atoms. The summed E-state index contributed by atoms with van der Waals surface area (Å²) in [5, 5.41) is 13.4. The zero-order valence-corrected chi connectivity index (χ0v) is 21.6. The first kappa shape index (κ1) is 24.2. The summed E-state index contributed by atoms with van der Waals surface area (Å²) < 4.78 is 10.9. The second-order valence-electron chi connectivity index (χ2n) is 9.43. The molecule has 8 heteroatoms. The van der Waals surface area contributed by atoms with Gasteiger partial charge < -0.3 is 19.6 Å². The normalized spacial score (nSPS) is 16.8. The number of nitrogens with zero attached hydrogens (tertiary/aromatic N) is 2. The summed E-state index contributed by atoms with van der Waals surface area (Å²) in [4.78, 5) is 36.3. The van der Waals surface area contributed by atoms with Crippen molar-refractivity contribution in [2.24, 2.45) is 0 Å². The SMILES string of the molecule is COc1ccc(C2/C(=C(\O)c3ccc4ccccc4c3)C(=O)C(=O)N2c2nc3ccc(C)cc3[nH]2)cc1OC. The van der Waals surface area contributed by atoms with Gasteiger partial charge in [0.2, 0.25) is 5.95 Å². The number of benzene rings is 4. The Labute approximate surface area is 224 Å². The molecule has 4 aromatic carbocycles. The fourth-order valence-electron chi connectivity index (χ4n) is 5.11.